The number of aromatic nitrogens is 2. The van der Waals surface area contributed by atoms with Gasteiger partial charge in [0.05, 0.1) is 23.2 Å². The molecule has 0 bridgehead atoms. The summed E-state index contributed by atoms with van der Waals surface area (Å²) in [6, 6.07) is 9.78. The van der Waals surface area contributed by atoms with Gasteiger partial charge in [-0.15, -0.1) is 0 Å². The van der Waals surface area contributed by atoms with Gasteiger partial charge >= 0.3 is 6.18 Å². The smallest absolute Gasteiger partial charge is 0.417 e. The van der Waals surface area contributed by atoms with Crippen molar-refractivity contribution in [2.45, 2.75) is 6.18 Å². The number of rotatable bonds is 3. The number of benzene rings is 1. The van der Waals surface area contributed by atoms with Gasteiger partial charge in [0.1, 0.15) is 17.3 Å². The lowest BCUT2D eigenvalue weighted by Gasteiger charge is -2.35. The van der Waals surface area contributed by atoms with E-state index in [1.165, 1.54) is 0 Å². The first-order valence-electron chi connectivity index (χ1n) is 9.48. The summed E-state index contributed by atoms with van der Waals surface area (Å²) in [6.45, 7) is 1.55. The normalized spacial score (nSPS) is 14.7. The summed E-state index contributed by atoms with van der Waals surface area (Å²) >= 11 is 6.04. The van der Waals surface area contributed by atoms with Crippen LogP contribution in [0.15, 0.2) is 42.6 Å². The molecule has 31 heavy (non-hydrogen) atoms. The van der Waals surface area contributed by atoms with Gasteiger partial charge in [0.25, 0.3) is 5.91 Å². The fraction of sp³-hybridized carbons (Fsp3) is 0.286. The quantitative estimate of drug-likeness (QED) is 0.596. The predicted octanol–water partition coefficient (Wildman–Crippen LogP) is 4.27. The topological polar surface area (TPSA) is 58.6 Å². The van der Waals surface area contributed by atoms with Crippen LogP contribution in [-0.4, -0.2) is 54.1 Å². The fourth-order valence-electron chi connectivity index (χ4n) is 3.45. The van der Waals surface area contributed by atoms with E-state index in [2.05, 4.69) is 9.97 Å². The molecule has 0 N–H and O–H groups in total. The summed E-state index contributed by atoms with van der Waals surface area (Å²) in [4.78, 5) is 24.7. The lowest BCUT2D eigenvalue weighted by Crippen LogP contribution is -2.49. The summed E-state index contributed by atoms with van der Waals surface area (Å²) in [5.41, 5.74) is 0.123. The van der Waals surface area contributed by atoms with Crippen molar-refractivity contribution in [1.82, 2.24) is 14.9 Å². The van der Waals surface area contributed by atoms with Gasteiger partial charge in [0, 0.05) is 37.8 Å². The molecule has 1 fully saturated rings. The zero-order valence-corrected chi connectivity index (χ0v) is 17.2. The molecule has 1 aliphatic rings. The Morgan fingerprint density at radius 1 is 1.10 bits per heavy atom. The first-order valence-corrected chi connectivity index (χ1v) is 9.86. The Hall–Kier alpha value is -3.07. The predicted molar refractivity (Wildman–Crippen MR) is 111 cm³/mol. The Kier molecular flexibility index (Phi) is 5.62. The summed E-state index contributed by atoms with van der Waals surface area (Å²) in [6.07, 6.45) is -3.73. The first-order chi connectivity index (χ1) is 14.8. The standard InChI is InChI=1S/C21H18ClF3N4O2/c1-31-15-3-5-17-13(10-15)2-4-18(27-17)20(30)29-8-6-28(7-9-29)19-16(22)11-14(12-26-19)21(23,24)25/h2-5,10-12H,6-9H2,1H3. The number of carbonyl (C=O) groups excluding carboxylic acids is 1. The fourth-order valence-corrected chi connectivity index (χ4v) is 3.74. The molecule has 0 atom stereocenters. The van der Waals surface area contributed by atoms with E-state index in [9.17, 15) is 18.0 Å². The Bertz CT molecular complexity index is 1130. The van der Waals surface area contributed by atoms with Crippen LogP contribution in [-0.2, 0) is 6.18 Å². The number of methoxy groups -OCH3 is 1. The number of hydrogen-bond donors (Lipinski definition) is 0. The molecule has 162 valence electrons. The van der Waals surface area contributed by atoms with E-state index in [0.29, 0.717) is 43.1 Å². The number of pyridine rings is 2. The van der Waals surface area contributed by atoms with Crippen molar-refractivity contribution >= 4 is 34.2 Å². The van der Waals surface area contributed by atoms with E-state index >= 15 is 0 Å². The second kappa shape index (κ2) is 8.22. The number of amides is 1. The summed E-state index contributed by atoms with van der Waals surface area (Å²) in [7, 11) is 1.58. The number of ether oxygens (including phenoxy) is 1. The summed E-state index contributed by atoms with van der Waals surface area (Å²) < 4.78 is 43.6. The second-order valence-electron chi connectivity index (χ2n) is 7.06. The van der Waals surface area contributed by atoms with Crippen LogP contribution >= 0.6 is 11.6 Å². The molecule has 0 saturated carbocycles. The molecule has 6 nitrogen and oxygen atoms in total. The molecular formula is C21H18ClF3N4O2. The molecule has 10 heteroatoms. The van der Waals surface area contributed by atoms with Gasteiger partial charge in [-0.3, -0.25) is 4.79 Å². The van der Waals surface area contributed by atoms with Crippen LogP contribution in [0.2, 0.25) is 5.02 Å². The number of hydrogen-bond acceptors (Lipinski definition) is 5. The van der Waals surface area contributed by atoms with E-state index in [1.807, 2.05) is 12.1 Å². The average molecular weight is 451 g/mol. The van der Waals surface area contributed by atoms with E-state index < -0.39 is 11.7 Å². The van der Waals surface area contributed by atoms with Crippen LogP contribution in [0.3, 0.4) is 0 Å². The molecule has 2 aromatic heterocycles. The van der Waals surface area contributed by atoms with Gasteiger partial charge in [-0.2, -0.15) is 13.2 Å². The Morgan fingerprint density at radius 3 is 2.48 bits per heavy atom. The third kappa shape index (κ3) is 4.36. The van der Waals surface area contributed by atoms with Crippen molar-refractivity contribution in [3.05, 3.63) is 58.9 Å². The minimum Gasteiger partial charge on any atom is -0.497 e. The number of anilines is 1. The lowest BCUT2D eigenvalue weighted by molar-refractivity contribution is -0.137. The molecule has 3 heterocycles. The molecule has 1 aromatic carbocycles. The van der Waals surface area contributed by atoms with Crippen LogP contribution in [0.5, 0.6) is 5.75 Å². The van der Waals surface area contributed by atoms with Crippen molar-refractivity contribution in [2.75, 3.05) is 38.2 Å². The molecule has 1 saturated heterocycles. The molecule has 0 radical (unpaired) electrons. The van der Waals surface area contributed by atoms with E-state index in [1.54, 1.807) is 35.1 Å². The Morgan fingerprint density at radius 2 is 1.84 bits per heavy atom. The van der Waals surface area contributed by atoms with Gasteiger partial charge in [-0.1, -0.05) is 17.7 Å². The molecule has 0 unspecified atom stereocenters. The van der Waals surface area contributed by atoms with Crippen molar-refractivity contribution < 1.29 is 22.7 Å². The number of piperazine rings is 1. The van der Waals surface area contributed by atoms with E-state index in [-0.39, 0.29) is 16.7 Å². The zero-order chi connectivity index (χ0) is 22.2. The zero-order valence-electron chi connectivity index (χ0n) is 16.5. The number of alkyl halides is 3. The molecule has 3 aromatic rings. The highest BCUT2D eigenvalue weighted by atomic mass is 35.5. The van der Waals surface area contributed by atoms with E-state index in [0.717, 1.165) is 17.6 Å². The minimum absolute atomic E-state index is 0.0683. The van der Waals surface area contributed by atoms with Crippen molar-refractivity contribution in [1.29, 1.82) is 0 Å². The number of nitrogens with zero attached hydrogens (tertiary/aromatic N) is 4. The molecule has 0 aliphatic carbocycles. The van der Waals surface area contributed by atoms with Gasteiger partial charge in [0.2, 0.25) is 0 Å². The highest BCUT2D eigenvalue weighted by Gasteiger charge is 2.32. The Labute approximate surface area is 181 Å². The third-order valence-electron chi connectivity index (χ3n) is 5.13. The maximum atomic E-state index is 12.9. The van der Waals surface area contributed by atoms with Crippen LogP contribution in [0.1, 0.15) is 16.1 Å². The van der Waals surface area contributed by atoms with Crippen molar-refractivity contribution in [3.63, 3.8) is 0 Å². The number of fused-ring (bicyclic) bond motifs is 1. The van der Waals surface area contributed by atoms with Crippen molar-refractivity contribution in [3.8, 4) is 5.75 Å². The van der Waals surface area contributed by atoms with Crippen LogP contribution in [0.25, 0.3) is 10.9 Å². The minimum atomic E-state index is -4.50. The SMILES string of the molecule is COc1ccc2nc(C(=O)N3CCN(c4ncc(C(F)(F)F)cc4Cl)CC3)ccc2c1. The molecule has 0 spiro atoms. The van der Waals surface area contributed by atoms with Crippen molar-refractivity contribution in [2.24, 2.45) is 0 Å². The first kappa shape index (κ1) is 21.2. The maximum Gasteiger partial charge on any atom is 0.417 e. The lowest BCUT2D eigenvalue weighted by atomic mass is 10.1. The monoisotopic (exact) mass is 450 g/mol. The van der Waals surface area contributed by atoms with Gasteiger partial charge < -0.3 is 14.5 Å². The summed E-state index contributed by atoms with van der Waals surface area (Å²) in [5, 5.41) is 0.796. The highest BCUT2D eigenvalue weighted by Crippen LogP contribution is 2.33. The average Bonchev–Trinajstić information content (AvgIpc) is 2.77. The van der Waals surface area contributed by atoms with E-state index in [4.69, 9.17) is 16.3 Å². The third-order valence-corrected chi connectivity index (χ3v) is 5.41. The largest absolute Gasteiger partial charge is 0.497 e. The summed E-state index contributed by atoms with van der Waals surface area (Å²) in [5.74, 6) is 0.781. The number of carbonyl (C=O) groups is 1. The number of halogens is 4. The van der Waals surface area contributed by atoms with Crippen LogP contribution in [0.4, 0.5) is 19.0 Å². The second-order valence-corrected chi connectivity index (χ2v) is 7.47. The molecule has 1 aliphatic heterocycles. The highest BCUT2D eigenvalue weighted by molar-refractivity contribution is 6.33. The molecule has 4 rings (SSSR count). The van der Waals surface area contributed by atoms with Crippen LogP contribution in [0, 0.1) is 0 Å². The maximum absolute atomic E-state index is 12.9. The van der Waals surface area contributed by atoms with Gasteiger partial charge in [0.15, 0.2) is 0 Å². The molecule has 1 amide bonds. The van der Waals surface area contributed by atoms with Gasteiger partial charge in [-0.25, -0.2) is 9.97 Å². The Balaban J connectivity index is 1.45. The van der Waals surface area contributed by atoms with Gasteiger partial charge in [-0.05, 0) is 30.3 Å². The van der Waals surface area contributed by atoms with Crippen LogP contribution < -0.4 is 9.64 Å². The molecular weight excluding hydrogens is 433 g/mol.